The summed E-state index contributed by atoms with van der Waals surface area (Å²) in [4.78, 5) is 0. The van der Waals surface area contributed by atoms with Crippen molar-refractivity contribution in [3.8, 4) is 0 Å². The van der Waals surface area contributed by atoms with Gasteiger partial charge in [-0.05, 0) is 17.7 Å². The molecule has 0 fully saturated rings. The van der Waals surface area contributed by atoms with Crippen LogP contribution in [-0.2, 0) is 11.3 Å². The second kappa shape index (κ2) is 5.05. The normalized spacial score (nSPS) is 10.5. The number of nitrogens with two attached hydrogens (primary N) is 1. The summed E-state index contributed by atoms with van der Waals surface area (Å²) < 4.78 is 6.56. The van der Waals surface area contributed by atoms with E-state index in [1.165, 1.54) is 0 Å². The van der Waals surface area contributed by atoms with E-state index >= 15 is 0 Å². The number of nitrogen functional groups attached to an aromatic ring is 1. The Morgan fingerprint density at radius 2 is 2.33 bits per heavy atom. The van der Waals surface area contributed by atoms with Gasteiger partial charge in [-0.3, -0.25) is 0 Å². The van der Waals surface area contributed by atoms with Crippen LogP contribution in [0.25, 0.3) is 0 Å². The zero-order chi connectivity index (χ0) is 11.3. The first-order chi connectivity index (χ1) is 7.13. The maximum Gasteiger partial charge on any atom is 0.122 e. The molecule has 4 heteroatoms. The maximum atomic E-state index is 5.66. The highest BCUT2D eigenvalue weighted by Gasteiger charge is 1.97. The molecule has 0 spiro atoms. The van der Waals surface area contributed by atoms with Gasteiger partial charge in [-0.15, -0.1) is 0 Å². The van der Waals surface area contributed by atoms with Crippen molar-refractivity contribution in [2.24, 2.45) is 0 Å². The number of nitrogens with zero attached hydrogens (tertiary/aromatic N) is 2. The third-order valence-corrected chi connectivity index (χ3v) is 1.87. The lowest BCUT2D eigenvalue weighted by Gasteiger charge is -2.03. The summed E-state index contributed by atoms with van der Waals surface area (Å²) in [7, 11) is 1.57. The molecule has 0 aromatic carbocycles. The number of hydrogen-bond acceptors (Lipinski definition) is 3. The summed E-state index contributed by atoms with van der Waals surface area (Å²) in [6.07, 6.45) is 5.23. The van der Waals surface area contributed by atoms with Gasteiger partial charge in [0.05, 0.1) is 19.9 Å². The fourth-order valence-electron chi connectivity index (χ4n) is 0.999. The summed E-state index contributed by atoms with van der Waals surface area (Å²) in [5, 5.41) is 4.05. The summed E-state index contributed by atoms with van der Waals surface area (Å²) in [6.45, 7) is 8.10. The van der Waals surface area contributed by atoms with Gasteiger partial charge in [0.2, 0.25) is 0 Å². The number of methoxy groups -OCH3 is 1. The monoisotopic (exact) mass is 205 g/mol. The topological polar surface area (TPSA) is 53.1 Å². The van der Waals surface area contributed by atoms with Crippen LogP contribution in [0.3, 0.4) is 0 Å². The van der Waals surface area contributed by atoms with E-state index in [1.54, 1.807) is 30.1 Å². The van der Waals surface area contributed by atoms with E-state index in [1.807, 2.05) is 6.08 Å². The number of rotatable bonds is 5. The van der Waals surface area contributed by atoms with Crippen LogP contribution < -0.4 is 5.73 Å². The van der Waals surface area contributed by atoms with Gasteiger partial charge >= 0.3 is 0 Å². The summed E-state index contributed by atoms with van der Waals surface area (Å²) in [5.41, 5.74) is 6.54. The molecule has 0 atom stereocenters. The van der Waals surface area contributed by atoms with E-state index in [9.17, 15) is 0 Å². The molecule has 1 rings (SSSR count). The summed E-state index contributed by atoms with van der Waals surface area (Å²) >= 11 is 0. The lowest BCUT2D eigenvalue weighted by atomic mass is 10.2. The van der Waals surface area contributed by atoms with E-state index in [0.29, 0.717) is 18.1 Å². The Morgan fingerprint density at radius 3 is 2.87 bits per heavy atom. The molecule has 0 aliphatic heterocycles. The Labute approximate surface area is 89.3 Å². The lowest BCUT2D eigenvalue weighted by molar-refractivity contribution is 0.309. The van der Waals surface area contributed by atoms with Crippen molar-refractivity contribution in [2.45, 2.75) is 6.54 Å². The van der Waals surface area contributed by atoms with Gasteiger partial charge in [0.25, 0.3) is 0 Å². The molecule has 15 heavy (non-hydrogen) atoms. The van der Waals surface area contributed by atoms with Crippen molar-refractivity contribution in [2.75, 3.05) is 12.8 Å². The smallest absolute Gasteiger partial charge is 0.122 e. The molecular formula is C11H15N3O. The molecule has 4 nitrogen and oxygen atoms in total. The summed E-state index contributed by atoms with van der Waals surface area (Å²) in [5.74, 6) is 1.21. The van der Waals surface area contributed by atoms with Gasteiger partial charge in [0, 0.05) is 0 Å². The largest absolute Gasteiger partial charge is 0.497 e. The zero-order valence-corrected chi connectivity index (χ0v) is 8.81. The number of anilines is 1. The SMILES string of the molecule is C=C(/C=C\C(=C)OC)Cn1nccc1N. The second-order valence-electron chi connectivity index (χ2n) is 3.08. The molecule has 0 radical (unpaired) electrons. The minimum atomic E-state index is 0.562. The first-order valence-electron chi connectivity index (χ1n) is 4.49. The van der Waals surface area contributed by atoms with Gasteiger partial charge in [-0.25, -0.2) is 4.68 Å². The first-order valence-corrected chi connectivity index (χ1v) is 4.49. The average molecular weight is 205 g/mol. The van der Waals surface area contributed by atoms with Crippen molar-refractivity contribution in [3.05, 3.63) is 48.9 Å². The van der Waals surface area contributed by atoms with Crippen LogP contribution in [0.15, 0.2) is 48.9 Å². The molecule has 1 aromatic rings. The maximum absolute atomic E-state index is 5.66. The highest BCUT2D eigenvalue weighted by molar-refractivity contribution is 5.29. The third-order valence-electron chi connectivity index (χ3n) is 1.87. The van der Waals surface area contributed by atoms with Crippen molar-refractivity contribution in [1.29, 1.82) is 0 Å². The fraction of sp³-hybridized carbons (Fsp3) is 0.182. The Hall–Kier alpha value is -1.97. The van der Waals surface area contributed by atoms with E-state index in [2.05, 4.69) is 18.3 Å². The van der Waals surface area contributed by atoms with Crippen LogP contribution in [-0.4, -0.2) is 16.9 Å². The van der Waals surface area contributed by atoms with E-state index in [0.717, 1.165) is 5.57 Å². The van der Waals surface area contributed by atoms with Crippen LogP contribution in [0.4, 0.5) is 5.82 Å². The van der Waals surface area contributed by atoms with Crippen molar-refractivity contribution in [1.82, 2.24) is 9.78 Å². The lowest BCUT2D eigenvalue weighted by Crippen LogP contribution is -2.05. The highest BCUT2D eigenvalue weighted by atomic mass is 16.5. The number of ether oxygens (including phenoxy) is 1. The first kappa shape index (κ1) is 11.1. The molecule has 2 N–H and O–H groups in total. The zero-order valence-electron chi connectivity index (χ0n) is 8.81. The molecule has 0 bridgehead atoms. The molecular weight excluding hydrogens is 190 g/mol. The molecule has 0 aliphatic carbocycles. The van der Waals surface area contributed by atoms with Crippen molar-refractivity contribution >= 4 is 5.82 Å². The molecule has 0 aliphatic rings. The molecule has 0 amide bonds. The van der Waals surface area contributed by atoms with E-state index in [4.69, 9.17) is 10.5 Å². The number of hydrogen-bond donors (Lipinski definition) is 1. The fourth-order valence-corrected chi connectivity index (χ4v) is 0.999. The van der Waals surface area contributed by atoms with Crippen LogP contribution in [0.1, 0.15) is 0 Å². The van der Waals surface area contributed by atoms with Gasteiger partial charge in [0.15, 0.2) is 0 Å². The van der Waals surface area contributed by atoms with Crippen molar-refractivity contribution < 1.29 is 4.74 Å². The number of allylic oxidation sites excluding steroid dienone is 3. The Kier molecular flexibility index (Phi) is 3.74. The van der Waals surface area contributed by atoms with Crippen LogP contribution in [0, 0.1) is 0 Å². The minimum Gasteiger partial charge on any atom is -0.497 e. The second-order valence-corrected chi connectivity index (χ2v) is 3.08. The van der Waals surface area contributed by atoms with Gasteiger partial charge in [-0.2, -0.15) is 5.10 Å². The van der Waals surface area contributed by atoms with E-state index in [-0.39, 0.29) is 0 Å². The Bertz CT molecular complexity index is 390. The van der Waals surface area contributed by atoms with Crippen LogP contribution in [0.2, 0.25) is 0 Å². The molecule has 0 saturated carbocycles. The van der Waals surface area contributed by atoms with E-state index < -0.39 is 0 Å². The van der Waals surface area contributed by atoms with Crippen LogP contribution in [0.5, 0.6) is 0 Å². The third kappa shape index (κ3) is 3.34. The molecule has 80 valence electrons. The Balaban J connectivity index is 2.54. The predicted molar refractivity (Wildman–Crippen MR) is 61.1 cm³/mol. The molecule has 1 aromatic heterocycles. The minimum absolute atomic E-state index is 0.562. The molecule has 0 unspecified atom stereocenters. The van der Waals surface area contributed by atoms with Crippen LogP contribution >= 0.6 is 0 Å². The van der Waals surface area contributed by atoms with Crippen molar-refractivity contribution in [3.63, 3.8) is 0 Å². The van der Waals surface area contributed by atoms with Gasteiger partial charge in [0.1, 0.15) is 11.6 Å². The Morgan fingerprint density at radius 1 is 1.60 bits per heavy atom. The molecule has 0 saturated heterocycles. The predicted octanol–water partition coefficient (Wildman–Crippen LogP) is 1.74. The quantitative estimate of drug-likeness (QED) is 0.588. The molecule has 1 heterocycles. The summed E-state index contributed by atoms with van der Waals surface area (Å²) in [6, 6.07) is 1.74. The van der Waals surface area contributed by atoms with Gasteiger partial charge < -0.3 is 10.5 Å². The highest BCUT2D eigenvalue weighted by Crippen LogP contribution is 2.06. The average Bonchev–Trinajstić information content (AvgIpc) is 2.61. The number of aromatic nitrogens is 2. The van der Waals surface area contributed by atoms with Gasteiger partial charge in [-0.1, -0.05) is 19.2 Å². The standard InChI is InChI=1S/C11H15N3O/c1-9(4-5-10(2)15-3)8-14-11(12)6-7-13-14/h4-7H,1-2,8,12H2,3H3/b5-4-.